The molecular formula is C13H20BF3O2. The molecule has 2 nitrogen and oxygen atoms in total. The average molecular weight is 276 g/mol. The lowest BCUT2D eigenvalue weighted by molar-refractivity contribution is 0.00578. The van der Waals surface area contributed by atoms with E-state index in [-0.39, 0.29) is 12.8 Å². The Morgan fingerprint density at radius 1 is 1.05 bits per heavy atom. The van der Waals surface area contributed by atoms with Crippen molar-refractivity contribution in [3.63, 3.8) is 0 Å². The van der Waals surface area contributed by atoms with E-state index >= 15 is 0 Å². The van der Waals surface area contributed by atoms with E-state index < -0.39 is 42.8 Å². The van der Waals surface area contributed by atoms with Crippen LogP contribution < -0.4 is 0 Å². The molecule has 0 aromatic heterocycles. The summed E-state index contributed by atoms with van der Waals surface area (Å²) in [6.07, 6.45) is 0.214. The van der Waals surface area contributed by atoms with Gasteiger partial charge in [0.25, 0.3) is 0 Å². The highest BCUT2D eigenvalue weighted by Crippen LogP contribution is 2.49. The maximum atomic E-state index is 14.2. The van der Waals surface area contributed by atoms with Crippen molar-refractivity contribution in [2.75, 3.05) is 13.3 Å². The smallest absolute Gasteiger partial charge is 0.398 e. The molecule has 0 bridgehead atoms. The fourth-order valence-electron chi connectivity index (χ4n) is 2.36. The van der Waals surface area contributed by atoms with Crippen LogP contribution in [-0.4, -0.2) is 31.7 Å². The van der Waals surface area contributed by atoms with Gasteiger partial charge in [-0.2, -0.15) is 0 Å². The van der Waals surface area contributed by atoms with Crippen LogP contribution in [0.5, 0.6) is 0 Å². The Morgan fingerprint density at radius 2 is 1.47 bits per heavy atom. The van der Waals surface area contributed by atoms with E-state index in [1.54, 1.807) is 0 Å². The first-order valence-corrected chi connectivity index (χ1v) is 6.51. The zero-order valence-electron chi connectivity index (χ0n) is 11.9. The Labute approximate surface area is 112 Å². The topological polar surface area (TPSA) is 18.5 Å². The molecule has 0 N–H and O–H groups in total. The molecule has 0 atom stereocenters. The Bertz CT molecular complexity index is 377. The van der Waals surface area contributed by atoms with Gasteiger partial charge in [0, 0.05) is 5.41 Å². The van der Waals surface area contributed by atoms with Crippen molar-refractivity contribution >= 4 is 7.12 Å². The number of hydrogen-bond acceptors (Lipinski definition) is 2. The third kappa shape index (κ3) is 2.33. The predicted molar refractivity (Wildman–Crippen MR) is 67.8 cm³/mol. The van der Waals surface area contributed by atoms with E-state index in [0.717, 1.165) is 0 Å². The second kappa shape index (κ2) is 4.52. The van der Waals surface area contributed by atoms with E-state index in [0.29, 0.717) is 5.57 Å². The molecule has 1 aliphatic carbocycles. The van der Waals surface area contributed by atoms with Gasteiger partial charge in [0.05, 0.1) is 24.6 Å². The molecule has 19 heavy (non-hydrogen) atoms. The molecule has 2 fully saturated rings. The zero-order valence-corrected chi connectivity index (χ0v) is 11.9. The SMILES string of the molecule is CC1(C)OB(C(F)=C2CC(CF)(CF)C2)OC1(C)C. The van der Waals surface area contributed by atoms with Gasteiger partial charge >= 0.3 is 7.12 Å². The summed E-state index contributed by atoms with van der Waals surface area (Å²) in [6.45, 7) is 5.81. The van der Waals surface area contributed by atoms with Crippen molar-refractivity contribution in [2.24, 2.45) is 5.41 Å². The molecule has 1 heterocycles. The third-order valence-electron chi connectivity index (χ3n) is 4.54. The number of hydrogen-bond donors (Lipinski definition) is 0. The minimum absolute atomic E-state index is 0.107. The van der Waals surface area contributed by atoms with Crippen LogP contribution in [0, 0.1) is 5.41 Å². The third-order valence-corrected chi connectivity index (χ3v) is 4.54. The first kappa shape index (κ1) is 14.9. The minimum Gasteiger partial charge on any atom is -0.398 e. The van der Waals surface area contributed by atoms with Gasteiger partial charge in [0.1, 0.15) is 5.73 Å². The van der Waals surface area contributed by atoms with Gasteiger partial charge in [0.2, 0.25) is 0 Å². The zero-order chi connectivity index (χ0) is 14.5. The molecule has 0 radical (unpaired) electrons. The lowest BCUT2D eigenvalue weighted by Gasteiger charge is -2.39. The van der Waals surface area contributed by atoms with E-state index in [1.165, 1.54) is 0 Å². The molecule has 1 saturated heterocycles. The predicted octanol–water partition coefficient (Wildman–Crippen LogP) is 3.56. The van der Waals surface area contributed by atoms with Crippen molar-refractivity contribution in [3.05, 3.63) is 11.3 Å². The average Bonchev–Trinajstić information content (AvgIpc) is 2.48. The van der Waals surface area contributed by atoms with Crippen molar-refractivity contribution < 1.29 is 22.5 Å². The first-order chi connectivity index (χ1) is 8.66. The van der Waals surface area contributed by atoms with Gasteiger partial charge in [-0.05, 0) is 46.1 Å². The van der Waals surface area contributed by atoms with Crippen molar-refractivity contribution in [3.8, 4) is 0 Å². The van der Waals surface area contributed by atoms with Gasteiger partial charge in [-0.15, -0.1) is 0 Å². The fraction of sp³-hybridized carbons (Fsp3) is 0.846. The summed E-state index contributed by atoms with van der Waals surface area (Å²) in [6, 6.07) is 0. The molecule has 1 saturated carbocycles. The van der Waals surface area contributed by atoms with Crippen LogP contribution in [0.15, 0.2) is 11.3 Å². The molecule has 108 valence electrons. The van der Waals surface area contributed by atoms with E-state index in [4.69, 9.17) is 9.31 Å². The fourth-order valence-corrected chi connectivity index (χ4v) is 2.36. The molecule has 2 rings (SSSR count). The summed E-state index contributed by atoms with van der Waals surface area (Å²) in [7, 11) is -1.06. The van der Waals surface area contributed by atoms with Crippen LogP contribution in [0.2, 0.25) is 0 Å². The van der Waals surface area contributed by atoms with Crippen molar-refractivity contribution in [2.45, 2.75) is 51.7 Å². The number of allylic oxidation sites excluding steroid dienone is 1. The second-order valence-electron chi connectivity index (χ2n) is 6.66. The lowest BCUT2D eigenvalue weighted by atomic mass is 9.63. The van der Waals surface area contributed by atoms with Crippen LogP contribution in [0.4, 0.5) is 13.2 Å². The lowest BCUT2D eigenvalue weighted by Crippen LogP contribution is -2.41. The standard InChI is InChI=1S/C13H20BF3O2/c1-11(2)12(3,4)19-14(18-11)10(17)9-5-13(6-9,7-15)8-16/h5-8H2,1-4H3. The Morgan fingerprint density at radius 3 is 1.84 bits per heavy atom. The van der Waals surface area contributed by atoms with Crippen LogP contribution >= 0.6 is 0 Å². The number of rotatable bonds is 3. The number of alkyl halides is 2. The summed E-state index contributed by atoms with van der Waals surface area (Å²) in [5.74, 6) is 0. The van der Waals surface area contributed by atoms with Crippen molar-refractivity contribution in [1.82, 2.24) is 0 Å². The molecule has 1 aliphatic heterocycles. The second-order valence-corrected chi connectivity index (χ2v) is 6.66. The summed E-state index contributed by atoms with van der Waals surface area (Å²) < 4.78 is 50.8. The molecule has 0 spiro atoms. The quantitative estimate of drug-likeness (QED) is 0.734. The molecular weight excluding hydrogens is 256 g/mol. The first-order valence-electron chi connectivity index (χ1n) is 6.51. The van der Waals surface area contributed by atoms with Crippen LogP contribution in [0.3, 0.4) is 0 Å². The van der Waals surface area contributed by atoms with E-state index in [1.807, 2.05) is 27.7 Å². The minimum atomic E-state index is -1.06. The Balaban J connectivity index is 2.10. The largest absolute Gasteiger partial charge is 0.525 e. The Hall–Kier alpha value is -0.485. The van der Waals surface area contributed by atoms with Gasteiger partial charge in [0.15, 0.2) is 0 Å². The molecule has 0 aromatic rings. The summed E-state index contributed by atoms with van der Waals surface area (Å²) >= 11 is 0. The van der Waals surface area contributed by atoms with Gasteiger partial charge in [-0.25, -0.2) is 4.39 Å². The Kier molecular flexibility index (Phi) is 3.55. The van der Waals surface area contributed by atoms with Crippen LogP contribution in [0.25, 0.3) is 0 Å². The maximum absolute atomic E-state index is 14.2. The summed E-state index contributed by atoms with van der Waals surface area (Å²) in [5.41, 5.74) is -2.35. The summed E-state index contributed by atoms with van der Waals surface area (Å²) in [5, 5.41) is 0. The van der Waals surface area contributed by atoms with E-state index in [9.17, 15) is 13.2 Å². The van der Waals surface area contributed by atoms with Gasteiger partial charge in [-0.3, -0.25) is 8.78 Å². The number of halogens is 3. The maximum Gasteiger partial charge on any atom is 0.525 e. The van der Waals surface area contributed by atoms with Gasteiger partial charge < -0.3 is 9.31 Å². The van der Waals surface area contributed by atoms with Crippen LogP contribution in [0.1, 0.15) is 40.5 Å². The van der Waals surface area contributed by atoms with Crippen LogP contribution in [-0.2, 0) is 9.31 Å². The monoisotopic (exact) mass is 276 g/mol. The van der Waals surface area contributed by atoms with Crippen molar-refractivity contribution in [1.29, 1.82) is 0 Å². The normalized spacial score (nSPS) is 27.3. The molecule has 0 unspecified atom stereocenters. The highest BCUT2D eigenvalue weighted by molar-refractivity contribution is 6.53. The molecule has 0 aromatic carbocycles. The molecule has 0 amide bonds. The molecule has 2 aliphatic rings. The van der Waals surface area contributed by atoms with Gasteiger partial charge in [-0.1, -0.05) is 0 Å². The summed E-state index contributed by atoms with van der Waals surface area (Å²) in [4.78, 5) is 0. The molecule has 6 heteroatoms. The highest BCUT2D eigenvalue weighted by Gasteiger charge is 2.55. The van der Waals surface area contributed by atoms with E-state index in [2.05, 4.69) is 0 Å². The highest BCUT2D eigenvalue weighted by atomic mass is 19.1.